The molecule has 2 N–H and O–H groups in total. The smallest absolute Gasteiger partial charge is 0.234 e. The number of carbonyl (C=O) groups is 2. The molecule has 0 unspecified atom stereocenters. The molecule has 0 fully saturated rings. The average molecular weight is 390 g/mol. The van der Waals surface area contributed by atoms with E-state index in [9.17, 15) is 14.0 Å². The maximum Gasteiger partial charge on any atom is 0.234 e. The van der Waals surface area contributed by atoms with E-state index in [4.69, 9.17) is 9.47 Å². The van der Waals surface area contributed by atoms with E-state index < -0.39 is 5.82 Å². The Labute approximate surface area is 160 Å². The minimum Gasteiger partial charge on any atom is -0.454 e. The first-order valence-electron chi connectivity index (χ1n) is 8.34. The van der Waals surface area contributed by atoms with E-state index in [0.29, 0.717) is 11.5 Å². The Kier molecular flexibility index (Phi) is 6.18. The maximum atomic E-state index is 13.5. The number of thioether (sulfide) groups is 1. The molecule has 142 valence electrons. The van der Waals surface area contributed by atoms with Crippen LogP contribution in [-0.2, 0) is 9.59 Å². The van der Waals surface area contributed by atoms with Crippen molar-refractivity contribution in [1.29, 1.82) is 0 Å². The van der Waals surface area contributed by atoms with Crippen LogP contribution < -0.4 is 20.1 Å². The molecule has 0 bridgehead atoms. The molecule has 2 aromatic carbocycles. The van der Waals surface area contributed by atoms with Gasteiger partial charge in [-0.15, -0.1) is 11.8 Å². The number of fused-ring (bicyclic) bond motifs is 1. The van der Waals surface area contributed by atoms with Crippen LogP contribution in [-0.4, -0.2) is 30.1 Å². The number of ether oxygens (including phenoxy) is 2. The van der Waals surface area contributed by atoms with E-state index in [1.165, 1.54) is 12.1 Å². The van der Waals surface area contributed by atoms with E-state index in [1.54, 1.807) is 12.1 Å². The first kappa shape index (κ1) is 19.0. The van der Waals surface area contributed by atoms with Crippen molar-refractivity contribution in [3.63, 3.8) is 0 Å². The molecule has 2 aromatic rings. The zero-order chi connectivity index (χ0) is 19.2. The summed E-state index contributed by atoms with van der Waals surface area (Å²) in [6.07, 6.45) is 0. The molecule has 1 aliphatic rings. The number of hydrogen-bond donors (Lipinski definition) is 2. The fraction of sp³-hybridized carbons (Fsp3) is 0.263. The summed E-state index contributed by atoms with van der Waals surface area (Å²) in [5.74, 6) is 0.484. The van der Waals surface area contributed by atoms with Gasteiger partial charge in [-0.2, -0.15) is 0 Å². The van der Waals surface area contributed by atoms with Crippen LogP contribution in [0.4, 0.5) is 10.1 Å². The third kappa shape index (κ3) is 5.13. The summed E-state index contributed by atoms with van der Waals surface area (Å²) in [5.41, 5.74) is 1.03. The van der Waals surface area contributed by atoms with E-state index >= 15 is 0 Å². The van der Waals surface area contributed by atoms with Crippen molar-refractivity contribution in [1.82, 2.24) is 5.32 Å². The van der Waals surface area contributed by atoms with E-state index in [-0.39, 0.29) is 41.8 Å². The van der Waals surface area contributed by atoms with Crippen molar-refractivity contribution in [2.45, 2.75) is 13.0 Å². The van der Waals surface area contributed by atoms with Crippen molar-refractivity contribution in [2.75, 3.05) is 23.6 Å². The van der Waals surface area contributed by atoms with Gasteiger partial charge < -0.3 is 20.1 Å². The Bertz CT molecular complexity index is 846. The summed E-state index contributed by atoms with van der Waals surface area (Å²) in [6, 6.07) is 11.2. The standard InChI is InChI=1S/C19H19FN2O4S/c1-12(13-6-7-16-17(8-13)26-11-25-16)21-18(23)9-27-10-19(24)22-15-5-3-2-4-14(15)20/h2-8,12H,9-11H2,1H3,(H,21,23)(H,22,24)/t12-/m0/s1. The van der Waals surface area contributed by atoms with Gasteiger partial charge in [-0.05, 0) is 36.8 Å². The molecule has 1 aliphatic heterocycles. The zero-order valence-corrected chi connectivity index (χ0v) is 15.5. The number of para-hydroxylation sites is 1. The predicted molar refractivity (Wildman–Crippen MR) is 101 cm³/mol. The molecular weight excluding hydrogens is 371 g/mol. The summed E-state index contributed by atoms with van der Waals surface area (Å²) in [5, 5.41) is 5.35. The van der Waals surface area contributed by atoms with Crippen LogP contribution in [0.2, 0.25) is 0 Å². The lowest BCUT2D eigenvalue weighted by Crippen LogP contribution is -2.28. The molecule has 0 aliphatic carbocycles. The Morgan fingerprint density at radius 2 is 1.85 bits per heavy atom. The van der Waals surface area contributed by atoms with Crippen molar-refractivity contribution >= 4 is 29.3 Å². The average Bonchev–Trinajstić information content (AvgIpc) is 3.11. The summed E-state index contributed by atoms with van der Waals surface area (Å²) >= 11 is 1.16. The number of benzene rings is 2. The first-order chi connectivity index (χ1) is 13.0. The molecule has 8 heteroatoms. The molecule has 27 heavy (non-hydrogen) atoms. The van der Waals surface area contributed by atoms with Gasteiger partial charge in [-0.3, -0.25) is 9.59 Å². The number of nitrogens with one attached hydrogen (secondary N) is 2. The molecule has 0 saturated carbocycles. The molecule has 3 rings (SSSR count). The van der Waals surface area contributed by atoms with Gasteiger partial charge in [0, 0.05) is 0 Å². The summed E-state index contributed by atoms with van der Waals surface area (Å²) in [7, 11) is 0. The molecule has 1 atom stereocenters. The molecule has 0 aromatic heterocycles. The third-order valence-electron chi connectivity index (χ3n) is 3.89. The van der Waals surface area contributed by atoms with Crippen molar-refractivity contribution in [3.8, 4) is 11.5 Å². The van der Waals surface area contributed by atoms with Crippen LogP contribution in [0.5, 0.6) is 11.5 Å². The van der Waals surface area contributed by atoms with Crippen LogP contribution in [0.3, 0.4) is 0 Å². The highest BCUT2D eigenvalue weighted by Gasteiger charge is 2.17. The summed E-state index contributed by atoms with van der Waals surface area (Å²) in [4.78, 5) is 23.9. The first-order valence-corrected chi connectivity index (χ1v) is 9.49. The monoisotopic (exact) mass is 390 g/mol. The highest BCUT2D eigenvalue weighted by atomic mass is 32.2. The van der Waals surface area contributed by atoms with Crippen LogP contribution in [0.25, 0.3) is 0 Å². The zero-order valence-electron chi connectivity index (χ0n) is 14.7. The lowest BCUT2D eigenvalue weighted by Gasteiger charge is -2.14. The lowest BCUT2D eigenvalue weighted by molar-refractivity contribution is -0.119. The van der Waals surface area contributed by atoms with E-state index in [2.05, 4.69) is 10.6 Å². The van der Waals surface area contributed by atoms with E-state index in [1.807, 2.05) is 25.1 Å². The summed E-state index contributed by atoms with van der Waals surface area (Å²) < 4.78 is 24.1. The quantitative estimate of drug-likeness (QED) is 0.760. The second-order valence-electron chi connectivity index (χ2n) is 5.92. The van der Waals surface area contributed by atoms with Gasteiger partial charge in [0.25, 0.3) is 0 Å². The van der Waals surface area contributed by atoms with Gasteiger partial charge in [0.1, 0.15) is 5.82 Å². The molecule has 1 heterocycles. The molecule has 6 nitrogen and oxygen atoms in total. The van der Waals surface area contributed by atoms with Crippen molar-refractivity contribution in [3.05, 3.63) is 53.8 Å². The highest BCUT2D eigenvalue weighted by molar-refractivity contribution is 8.00. The Morgan fingerprint density at radius 1 is 1.11 bits per heavy atom. The SMILES string of the molecule is C[C@H](NC(=O)CSCC(=O)Nc1ccccc1F)c1ccc2c(c1)OCO2. The van der Waals surface area contributed by atoms with Gasteiger partial charge in [-0.1, -0.05) is 18.2 Å². The van der Waals surface area contributed by atoms with Gasteiger partial charge >= 0.3 is 0 Å². The molecular formula is C19H19FN2O4S. The number of anilines is 1. The molecule has 0 spiro atoms. The number of rotatable bonds is 7. The second-order valence-corrected chi connectivity index (χ2v) is 6.91. The maximum absolute atomic E-state index is 13.5. The van der Waals surface area contributed by atoms with Gasteiger partial charge in [0.2, 0.25) is 18.6 Å². The van der Waals surface area contributed by atoms with Gasteiger partial charge in [0.15, 0.2) is 11.5 Å². The minimum atomic E-state index is -0.494. The normalized spacial score (nSPS) is 13.1. The van der Waals surface area contributed by atoms with Crippen molar-refractivity contribution in [2.24, 2.45) is 0 Å². The number of halogens is 1. The largest absolute Gasteiger partial charge is 0.454 e. The highest BCUT2D eigenvalue weighted by Crippen LogP contribution is 2.34. The fourth-order valence-electron chi connectivity index (χ4n) is 2.53. The van der Waals surface area contributed by atoms with Gasteiger partial charge in [-0.25, -0.2) is 4.39 Å². The van der Waals surface area contributed by atoms with Crippen LogP contribution in [0.15, 0.2) is 42.5 Å². The number of hydrogen-bond acceptors (Lipinski definition) is 5. The van der Waals surface area contributed by atoms with Crippen LogP contribution >= 0.6 is 11.8 Å². The van der Waals surface area contributed by atoms with Crippen molar-refractivity contribution < 1.29 is 23.5 Å². The van der Waals surface area contributed by atoms with E-state index in [0.717, 1.165) is 17.3 Å². The molecule has 2 amide bonds. The minimum absolute atomic E-state index is 0.0557. The second kappa shape index (κ2) is 8.77. The number of carbonyl (C=O) groups excluding carboxylic acids is 2. The fourth-order valence-corrected chi connectivity index (χ4v) is 3.16. The van der Waals surface area contributed by atoms with Gasteiger partial charge in [0.05, 0.1) is 23.2 Å². The topological polar surface area (TPSA) is 76.7 Å². The molecule has 0 radical (unpaired) electrons. The Hall–Kier alpha value is -2.74. The van der Waals surface area contributed by atoms with Crippen LogP contribution in [0.1, 0.15) is 18.5 Å². The molecule has 0 saturated heterocycles. The number of amides is 2. The Morgan fingerprint density at radius 3 is 2.67 bits per heavy atom. The summed E-state index contributed by atoms with van der Waals surface area (Å²) in [6.45, 7) is 2.07. The third-order valence-corrected chi connectivity index (χ3v) is 4.82. The lowest BCUT2D eigenvalue weighted by atomic mass is 10.1. The Balaban J connectivity index is 1.41. The van der Waals surface area contributed by atoms with Crippen LogP contribution in [0, 0.1) is 5.82 Å². The predicted octanol–water partition coefficient (Wildman–Crippen LogP) is 3.10.